The SMILES string of the molecule is CC(CBr)(CC1CCC2(CCCC2)O1)C1CC1. The molecule has 2 heteroatoms. The summed E-state index contributed by atoms with van der Waals surface area (Å²) in [5.74, 6) is 0.964. The minimum absolute atomic E-state index is 0.321. The molecule has 0 aromatic rings. The molecule has 1 saturated heterocycles. The Morgan fingerprint density at radius 1 is 1.18 bits per heavy atom. The van der Waals surface area contributed by atoms with Crippen LogP contribution in [-0.4, -0.2) is 17.0 Å². The molecule has 3 rings (SSSR count). The molecule has 3 aliphatic rings. The quantitative estimate of drug-likeness (QED) is 0.685. The Hall–Kier alpha value is 0.440. The van der Waals surface area contributed by atoms with Gasteiger partial charge in [0.15, 0.2) is 0 Å². The Labute approximate surface area is 114 Å². The number of alkyl halides is 1. The van der Waals surface area contributed by atoms with Crippen molar-refractivity contribution in [2.45, 2.75) is 76.4 Å². The topological polar surface area (TPSA) is 9.23 Å². The standard InChI is InChI=1S/C15H25BrO/c1-14(11-16,12-4-5-12)10-13-6-9-15(17-13)7-2-3-8-15/h12-13H,2-11H2,1H3. The largest absolute Gasteiger partial charge is 0.372 e. The molecule has 98 valence electrons. The van der Waals surface area contributed by atoms with E-state index in [9.17, 15) is 0 Å². The van der Waals surface area contributed by atoms with Crippen LogP contribution in [0.5, 0.6) is 0 Å². The molecule has 0 bridgehead atoms. The first-order valence-electron chi connectivity index (χ1n) is 7.40. The molecule has 2 aliphatic carbocycles. The zero-order chi connectivity index (χ0) is 11.9. The van der Waals surface area contributed by atoms with Crippen molar-refractivity contribution < 1.29 is 4.74 Å². The fourth-order valence-corrected chi connectivity index (χ4v) is 4.74. The van der Waals surface area contributed by atoms with E-state index in [0.29, 0.717) is 17.1 Å². The summed E-state index contributed by atoms with van der Waals surface area (Å²) in [6, 6.07) is 0. The van der Waals surface area contributed by atoms with E-state index in [1.807, 2.05) is 0 Å². The maximum atomic E-state index is 6.46. The third kappa shape index (κ3) is 2.45. The van der Waals surface area contributed by atoms with Crippen LogP contribution in [0.1, 0.15) is 64.7 Å². The van der Waals surface area contributed by atoms with E-state index in [1.54, 1.807) is 0 Å². The van der Waals surface area contributed by atoms with Crippen LogP contribution >= 0.6 is 15.9 Å². The Kier molecular flexibility index (Phi) is 3.32. The lowest BCUT2D eigenvalue weighted by Crippen LogP contribution is -2.30. The van der Waals surface area contributed by atoms with Gasteiger partial charge in [0, 0.05) is 5.33 Å². The number of rotatable bonds is 4. The lowest BCUT2D eigenvalue weighted by atomic mass is 9.81. The molecule has 1 spiro atoms. The second-order valence-corrected chi connectivity index (χ2v) is 7.50. The number of ether oxygens (including phenoxy) is 1. The number of hydrogen-bond acceptors (Lipinski definition) is 1. The highest BCUT2D eigenvalue weighted by Gasteiger charge is 2.47. The maximum Gasteiger partial charge on any atom is 0.0687 e. The molecule has 2 atom stereocenters. The highest BCUT2D eigenvalue weighted by Crippen LogP contribution is 2.52. The van der Waals surface area contributed by atoms with E-state index in [-0.39, 0.29) is 0 Å². The van der Waals surface area contributed by atoms with Gasteiger partial charge in [-0.3, -0.25) is 0 Å². The first kappa shape index (κ1) is 12.5. The van der Waals surface area contributed by atoms with Crippen LogP contribution in [0.25, 0.3) is 0 Å². The third-order valence-electron chi connectivity index (χ3n) is 5.42. The smallest absolute Gasteiger partial charge is 0.0687 e. The lowest BCUT2D eigenvalue weighted by molar-refractivity contribution is -0.0517. The number of hydrogen-bond donors (Lipinski definition) is 0. The van der Waals surface area contributed by atoms with Crippen molar-refractivity contribution in [3.05, 3.63) is 0 Å². The van der Waals surface area contributed by atoms with Crippen LogP contribution in [0.4, 0.5) is 0 Å². The molecule has 0 aromatic heterocycles. The highest BCUT2D eigenvalue weighted by atomic mass is 79.9. The van der Waals surface area contributed by atoms with Gasteiger partial charge in [0.25, 0.3) is 0 Å². The molecule has 1 aliphatic heterocycles. The van der Waals surface area contributed by atoms with E-state index in [1.165, 1.54) is 57.8 Å². The molecule has 2 saturated carbocycles. The second kappa shape index (κ2) is 4.52. The molecule has 1 heterocycles. The minimum atomic E-state index is 0.321. The summed E-state index contributed by atoms with van der Waals surface area (Å²) in [6.07, 6.45) is 12.8. The van der Waals surface area contributed by atoms with Crippen molar-refractivity contribution in [2.24, 2.45) is 11.3 Å². The van der Waals surface area contributed by atoms with E-state index in [2.05, 4.69) is 22.9 Å². The molecule has 0 N–H and O–H groups in total. The van der Waals surface area contributed by atoms with Crippen LogP contribution in [0, 0.1) is 11.3 Å². The molecular weight excluding hydrogens is 276 g/mol. The summed E-state index contributed by atoms with van der Waals surface area (Å²) in [4.78, 5) is 0. The van der Waals surface area contributed by atoms with Gasteiger partial charge in [-0.25, -0.2) is 0 Å². The second-order valence-electron chi connectivity index (χ2n) is 6.93. The van der Waals surface area contributed by atoms with Gasteiger partial charge in [0.05, 0.1) is 11.7 Å². The van der Waals surface area contributed by atoms with Gasteiger partial charge in [-0.2, -0.15) is 0 Å². The predicted molar refractivity (Wildman–Crippen MR) is 74.5 cm³/mol. The normalized spacial score (nSPS) is 35.3. The van der Waals surface area contributed by atoms with Gasteiger partial charge in [-0.15, -0.1) is 0 Å². The predicted octanol–water partition coefficient (Wildman–Crippen LogP) is 4.68. The molecule has 0 amide bonds. The van der Waals surface area contributed by atoms with E-state index >= 15 is 0 Å². The summed E-state index contributed by atoms with van der Waals surface area (Å²) in [7, 11) is 0. The average molecular weight is 301 g/mol. The number of halogens is 1. The van der Waals surface area contributed by atoms with Crippen LogP contribution in [0.2, 0.25) is 0 Å². The summed E-state index contributed by atoms with van der Waals surface area (Å²) in [6.45, 7) is 2.46. The summed E-state index contributed by atoms with van der Waals surface area (Å²) in [5, 5.41) is 1.15. The Bertz CT molecular complexity index is 281. The minimum Gasteiger partial charge on any atom is -0.372 e. The van der Waals surface area contributed by atoms with E-state index < -0.39 is 0 Å². The fraction of sp³-hybridized carbons (Fsp3) is 1.00. The maximum absolute atomic E-state index is 6.46. The van der Waals surface area contributed by atoms with Gasteiger partial charge < -0.3 is 4.74 Å². The van der Waals surface area contributed by atoms with Crippen molar-refractivity contribution in [3.8, 4) is 0 Å². The van der Waals surface area contributed by atoms with Crippen molar-refractivity contribution in [3.63, 3.8) is 0 Å². The first-order valence-corrected chi connectivity index (χ1v) is 8.52. The van der Waals surface area contributed by atoms with Crippen LogP contribution in [0.15, 0.2) is 0 Å². The molecule has 3 fully saturated rings. The fourth-order valence-electron chi connectivity index (χ4n) is 4.06. The summed E-state index contributed by atoms with van der Waals surface area (Å²) >= 11 is 3.74. The first-order chi connectivity index (χ1) is 8.16. The van der Waals surface area contributed by atoms with Crippen molar-refractivity contribution in [1.82, 2.24) is 0 Å². The van der Waals surface area contributed by atoms with Crippen molar-refractivity contribution >= 4 is 15.9 Å². The molecule has 0 aromatic carbocycles. The Balaban J connectivity index is 1.59. The third-order valence-corrected chi connectivity index (χ3v) is 6.70. The zero-order valence-corrected chi connectivity index (χ0v) is 12.6. The summed E-state index contributed by atoms with van der Waals surface area (Å²) < 4.78 is 6.46. The van der Waals surface area contributed by atoms with E-state index in [0.717, 1.165) is 11.2 Å². The van der Waals surface area contributed by atoms with Gasteiger partial charge >= 0.3 is 0 Å². The molecular formula is C15H25BrO. The average Bonchev–Trinajstić information content (AvgIpc) is 3.00. The van der Waals surface area contributed by atoms with Crippen molar-refractivity contribution in [2.75, 3.05) is 5.33 Å². The van der Waals surface area contributed by atoms with Crippen molar-refractivity contribution in [1.29, 1.82) is 0 Å². The Morgan fingerprint density at radius 2 is 1.88 bits per heavy atom. The molecule has 0 radical (unpaired) electrons. The van der Waals surface area contributed by atoms with Gasteiger partial charge in [0.1, 0.15) is 0 Å². The zero-order valence-electron chi connectivity index (χ0n) is 11.0. The Morgan fingerprint density at radius 3 is 2.47 bits per heavy atom. The highest BCUT2D eigenvalue weighted by molar-refractivity contribution is 9.09. The molecule has 17 heavy (non-hydrogen) atoms. The van der Waals surface area contributed by atoms with Crippen LogP contribution in [-0.2, 0) is 4.74 Å². The monoisotopic (exact) mass is 300 g/mol. The van der Waals surface area contributed by atoms with Gasteiger partial charge in [-0.05, 0) is 56.3 Å². The van der Waals surface area contributed by atoms with E-state index in [4.69, 9.17) is 4.74 Å². The van der Waals surface area contributed by atoms with Crippen LogP contribution in [0.3, 0.4) is 0 Å². The van der Waals surface area contributed by atoms with Crippen LogP contribution < -0.4 is 0 Å². The lowest BCUT2D eigenvalue weighted by Gasteiger charge is -2.32. The van der Waals surface area contributed by atoms with Gasteiger partial charge in [-0.1, -0.05) is 35.7 Å². The molecule has 1 nitrogen and oxygen atoms in total. The van der Waals surface area contributed by atoms with Gasteiger partial charge in [0.2, 0.25) is 0 Å². The molecule has 2 unspecified atom stereocenters. The summed E-state index contributed by atoms with van der Waals surface area (Å²) in [5.41, 5.74) is 0.816.